The van der Waals surface area contributed by atoms with Gasteiger partial charge < -0.3 is 0 Å². The molecule has 0 aromatic carbocycles. The van der Waals surface area contributed by atoms with Crippen LogP contribution >= 0.6 is 11.8 Å². The van der Waals surface area contributed by atoms with Gasteiger partial charge in [0.1, 0.15) is 0 Å². The van der Waals surface area contributed by atoms with Gasteiger partial charge in [0.15, 0.2) is 0 Å². The molecule has 0 bridgehead atoms. The van der Waals surface area contributed by atoms with Crippen LogP contribution in [0.25, 0.3) is 0 Å². The van der Waals surface area contributed by atoms with E-state index in [9.17, 15) is 0 Å². The quantitative estimate of drug-likeness (QED) is 0.529. The highest BCUT2D eigenvalue weighted by molar-refractivity contribution is 7.98. The van der Waals surface area contributed by atoms with Crippen molar-refractivity contribution in [1.82, 2.24) is 0 Å². The first-order valence-electron chi connectivity index (χ1n) is 2.92. The monoisotopic (exact) mass is 130 g/mol. The summed E-state index contributed by atoms with van der Waals surface area (Å²) in [5.41, 5.74) is 1.50. The van der Waals surface area contributed by atoms with E-state index in [1.807, 2.05) is 11.8 Å². The molecule has 0 unspecified atom stereocenters. The zero-order valence-electron chi connectivity index (χ0n) is 5.90. The zero-order chi connectivity index (χ0) is 6.41. The molecule has 0 saturated carbocycles. The molecule has 0 aliphatic carbocycles. The fourth-order valence-electron chi connectivity index (χ4n) is 0.407. The van der Waals surface area contributed by atoms with E-state index in [1.54, 1.807) is 0 Å². The van der Waals surface area contributed by atoms with Crippen LogP contribution in [0.1, 0.15) is 20.3 Å². The molecule has 8 heavy (non-hydrogen) atoms. The number of thioether (sulfide) groups is 1. The van der Waals surface area contributed by atoms with Crippen molar-refractivity contribution in [2.75, 3.05) is 12.0 Å². The van der Waals surface area contributed by atoms with Gasteiger partial charge in [0.05, 0.1) is 0 Å². The fraction of sp³-hybridized carbons (Fsp3) is 0.714. The molecule has 0 aromatic rings. The van der Waals surface area contributed by atoms with Gasteiger partial charge in [-0.25, -0.2) is 0 Å². The van der Waals surface area contributed by atoms with E-state index >= 15 is 0 Å². The first kappa shape index (κ1) is 8.09. The molecule has 0 atom stereocenters. The van der Waals surface area contributed by atoms with Crippen LogP contribution < -0.4 is 0 Å². The van der Waals surface area contributed by atoms with Crippen LogP contribution in [0.5, 0.6) is 0 Å². The number of rotatable bonds is 3. The average Bonchev–Trinajstić information content (AvgIpc) is 1.83. The van der Waals surface area contributed by atoms with Crippen LogP contribution in [0.2, 0.25) is 0 Å². The molecular weight excluding hydrogens is 116 g/mol. The summed E-state index contributed by atoms with van der Waals surface area (Å²) in [5, 5.41) is 0. The Morgan fingerprint density at radius 2 is 2.25 bits per heavy atom. The van der Waals surface area contributed by atoms with Gasteiger partial charge in [-0.1, -0.05) is 11.6 Å². The number of allylic oxidation sites excluding steroid dienone is 2. The lowest BCUT2D eigenvalue weighted by Crippen LogP contribution is -1.78. The van der Waals surface area contributed by atoms with Crippen molar-refractivity contribution in [1.29, 1.82) is 0 Å². The van der Waals surface area contributed by atoms with E-state index in [-0.39, 0.29) is 0 Å². The summed E-state index contributed by atoms with van der Waals surface area (Å²) in [7, 11) is 0. The minimum Gasteiger partial charge on any atom is -0.165 e. The molecule has 1 heteroatoms. The average molecular weight is 130 g/mol. The summed E-state index contributed by atoms with van der Waals surface area (Å²) < 4.78 is 0. The molecule has 0 nitrogen and oxygen atoms in total. The van der Waals surface area contributed by atoms with E-state index < -0.39 is 0 Å². The lowest BCUT2D eigenvalue weighted by Gasteiger charge is -1.94. The van der Waals surface area contributed by atoms with Crippen molar-refractivity contribution in [3.8, 4) is 0 Å². The predicted molar refractivity (Wildman–Crippen MR) is 42.4 cm³/mol. The van der Waals surface area contributed by atoms with Crippen molar-refractivity contribution in [3.63, 3.8) is 0 Å². The SMILES string of the molecule is C/C=C(/C)CCSC. The van der Waals surface area contributed by atoms with Crippen LogP contribution in [-0.4, -0.2) is 12.0 Å². The van der Waals surface area contributed by atoms with Crippen LogP contribution in [-0.2, 0) is 0 Å². The summed E-state index contributed by atoms with van der Waals surface area (Å²) in [5.74, 6) is 1.26. The van der Waals surface area contributed by atoms with Gasteiger partial charge in [0.2, 0.25) is 0 Å². The second-order valence-corrected chi connectivity index (χ2v) is 2.86. The fourth-order valence-corrected chi connectivity index (χ4v) is 0.933. The molecule has 0 saturated heterocycles. The molecule has 0 spiro atoms. The van der Waals surface area contributed by atoms with Crippen LogP contribution in [0.3, 0.4) is 0 Å². The van der Waals surface area contributed by atoms with Gasteiger partial charge in [-0.3, -0.25) is 0 Å². The maximum atomic E-state index is 2.18. The normalized spacial score (nSPS) is 12.1. The van der Waals surface area contributed by atoms with E-state index in [0.29, 0.717) is 0 Å². The minimum absolute atomic E-state index is 1.25. The van der Waals surface area contributed by atoms with E-state index in [4.69, 9.17) is 0 Å². The Labute approximate surface area is 56.4 Å². The molecular formula is C7H14S. The van der Waals surface area contributed by atoms with E-state index in [0.717, 1.165) is 0 Å². The third-order valence-corrected chi connectivity index (χ3v) is 1.81. The first-order chi connectivity index (χ1) is 3.81. The summed E-state index contributed by atoms with van der Waals surface area (Å²) in [6.07, 6.45) is 5.57. The second kappa shape index (κ2) is 5.23. The Morgan fingerprint density at radius 3 is 2.62 bits per heavy atom. The Kier molecular flexibility index (Phi) is 5.29. The zero-order valence-corrected chi connectivity index (χ0v) is 6.72. The Hall–Kier alpha value is 0.0900. The molecule has 0 aliphatic rings. The predicted octanol–water partition coefficient (Wildman–Crippen LogP) is 2.71. The molecule has 48 valence electrons. The maximum absolute atomic E-state index is 2.18. The second-order valence-electron chi connectivity index (χ2n) is 1.88. The van der Waals surface area contributed by atoms with Gasteiger partial charge >= 0.3 is 0 Å². The maximum Gasteiger partial charge on any atom is -0.00331 e. The molecule has 0 radical (unpaired) electrons. The van der Waals surface area contributed by atoms with Crippen molar-refractivity contribution in [3.05, 3.63) is 11.6 Å². The van der Waals surface area contributed by atoms with Gasteiger partial charge in [0.25, 0.3) is 0 Å². The third kappa shape index (κ3) is 4.25. The number of hydrogen-bond acceptors (Lipinski definition) is 1. The smallest absolute Gasteiger partial charge is 0.00331 e. The van der Waals surface area contributed by atoms with Crippen molar-refractivity contribution in [2.45, 2.75) is 20.3 Å². The summed E-state index contributed by atoms with van der Waals surface area (Å²) >= 11 is 1.90. The Bertz CT molecular complexity index is 74.5. The first-order valence-corrected chi connectivity index (χ1v) is 4.31. The summed E-state index contributed by atoms with van der Waals surface area (Å²) in [4.78, 5) is 0. The third-order valence-electron chi connectivity index (χ3n) is 1.19. The Morgan fingerprint density at radius 1 is 1.62 bits per heavy atom. The topological polar surface area (TPSA) is 0 Å². The molecule has 0 amide bonds. The van der Waals surface area contributed by atoms with Crippen LogP contribution in [0.15, 0.2) is 11.6 Å². The molecule has 0 fully saturated rings. The highest BCUT2D eigenvalue weighted by atomic mass is 32.2. The molecule has 0 heterocycles. The van der Waals surface area contributed by atoms with Gasteiger partial charge in [0, 0.05) is 0 Å². The largest absolute Gasteiger partial charge is 0.165 e. The summed E-state index contributed by atoms with van der Waals surface area (Å²) in [6, 6.07) is 0. The molecule has 0 N–H and O–H groups in total. The van der Waals surface area contributed by atoms with E-state index in [2.05, 4.69) is 26.2 Å². The molecule has 0 aromatic heterocycles. The molecule has 0 rings (SSSR count). The van der Waals surface area contributed by atoms with Crippen molar-refractivity contribution in [2.24, 2.45) is 0 Å². The van der Waals surface area contributed by atoms with Crippen LogP contribution in [0, 0.1) is 0 Å². The molecule has 0 aliphatic heterocycles. The van der Waals surface area contributed by atoms with E-state index in [1.165, 1.54) is 17.7 Å². The van der Waals surface area contributed by atoms with Crippen LogP contribution in [0.4, 0.5) is 0 Å². The highest BCUT2D eigenvalue weighted by Gasteiger charge is 1.84. The van der Waals surface area contributed by atoms with Gasteiger partial charge in [-0.2, -0.15) is 11.8 Å². The van der Waals surface area contributed by atoms with Gasteiger partial charge in [-0.05, 0) is 32.3 Å². The lowest BCUT2D eigenvalue weighted by molar-refractivity contribution is 1.11. The van der Waals surface area contributed by atoms with Crippen molar-refractivity contribution >= 4 is 11.8 Å². The van der Waals surface area contributed by atoms with Gasteiger partial charge in [-0.15, -0.1) is 0 Å². The van der Waals surface area contributed by atoms with Crippen molar-refractivity contribution < 1.29 is 0 Å². The Balaban J connectivity index is 3.12. The lowest BCUT2D eigenvalue weighted by atomic mass is 10.2. The minimum atomic E-state index is 1.25. The standard InChI is InChI=1S/C7H14S/c1-4-7(2)5-6-8-3/h4H,5-6H2,1-3H3/b7-4-. The summed E-state index contributed by atoms with van der Waals surface area (Å²) in [6.45, 7) is 4.27. The highest BCUT2D eigenvalue weighted by Crippen LogP contribution is 2.03. The number of hydrogen-bond donors (Lipinski definition) is 0.